The third-order valence-corrected chi connectivity index (χ3v) is 19.3. The molecule has 478 valence electrons. The third-order valence-electron chi connectivity index (χ3n) is 19.3. The van der Waals surface area contributed by atoms with Crippen LogP contribution in [0.1, 0.15) is 55.6 Å². The summed E-state index contributed by atoms with van der Waals surface area (Å²) >= 11 is 0. The smallest absolute Gasteiger partial charge is 0.200 e. The monoisotopic (exact) mass is 1300 g/mol. The normalized spacial score (nSPS) is 14.9. The molecular formula is C86H54F10N2. The summed E-state index contributed by atoms with van der Waals surface area (Å²) in [6, 6.07) is 81.8. The van der Waals surface area contributed by atoms with Crippen LogP contribution in [0, 0.1) is 58.2 Å². The van der Waals surface area contributed by atoms with Gasteiger partial charge in [-0.3, -0.25) is 0 Å². The lowest BCUT2D eigenvalue weighted by Crippen LogP contribution is -2.34. The third kappa shape index (κ3) is 10.1. The number of nitrogens with zero attached hydrogens (tertiary/aromatic N) is 2. The van der Waals surface area contributed by atoms with E-state index in [0.717, 1.165) is 44.8 Å². The predicted molar refractivity (Wildman–Crippen MR) is 370 cm³/mol. The molecule has 0 amide bonds. The molecule has 13 aromatic carbocycles. The quantitative estimate of drug-likeness (QED) is 0.0540. The summed E-state index contributed by atoms with van der Waals surface area (Å²) in [5.41, 5.74) is 8.34. The standard InChI is InChI=1S/C86H54F10N2/c1-3-51-23-27-53(28-24-51)49-85(73-75(87)79(91)83(95)80(92)76(73)88)69-21-13-11-19-65(69)67-45-43-63(47-71(67)85)97(59-15-7-5-8-16-59)61-39-35-57(36-40-61)55-31-33-56(34-32-55)58-37-41-62(42-38-58)98(60-17-9-6-10-18-60)64-44-46-68-66-20-12-14-22-70(66)86(72(68)48-64,50-54-29-25-52(4-2)26-30-54)74-77(89)81(93)84(96)82(94)78(74)90/h3-48H,1-2,49-50H2. The summed E-state index contributed by atoms with van der Waals surface area (Å²) in [7, 11) is 0. The van der Waals surface area contributed by atoms with Gasteiger partial charge >= 0.3 is 0 Å². The van der Waals surface area contributed by atoms with Crippen LogP contribution in [0.15, 0.2) is 280 Å². The first-order valence-electron chi connectivity index (χ1n) is 31.6. The van der Waals surface area contributed by atoms with Crippen LogP contribution in [0.5, 0.6) is 0 Å². The minimum Gasteiger partial charge on any atom is -0.310 e. The minimum atomic E-state index is -2.24. The Hall–Kier alpha value is -11.8. The SMILES string of the molecule is C=Cc1ccc(CC2(c3c(F)c(F)c(F)c(F)c3F)c3ccccc3-c3ccc(N(c4ccccc4)c4ccc(-c5ccc(-c6ccc(N(c7ccccc7)c7ccc8c(c7)C(Cc7ccc(C=C)cc7)(c7c(F)c(F)c(F)c(F)c7F)c7ccccc7-8)cc6)cc5)cc4)cc32)cc1. The van der Waals surface area contributed by atoms with Gasteiger partial charge in [0.05, 0.1) is 10.8 Å². The van der Waals surface area contributed by atoms with Crippen LogP contribution < -0.4 is 9.80 Å². The molecule has 0 aromatic heterocycles. The number of hydrogen-bond donors (Lipinski definition) is 0. The Morgan fingerprint density at radius 1 is 0.255 bits per heavy atom. The van der Waals surface area contributed by atoms with Gasteiger partial charge in [-0.1, -0.05) is 219 Å². The van der Waals surface area contributed by atoms with E-state index in [0.29, 0.717) is 78.4 Å². The number of para-hydroxylation sites is 2. The van der Waals surface area contributed by atoms with E-state index in [9.17, 15) is 8.78 Å². The molecule has 0 saturated carbocycles. The number of hydrogen-bond acceptors (Lipinski definition) is 2. The van der Waals surface area contributed by atoms with Crippen molar-refractivity contribution in [1.29, 1.82) is 0 Å². The van der Waals surface area contributed by atoms with Gasteiger partial charge in [-0.05, 0) is 175 Å². The lowest BCUT2D eigenvalue weighted by atomic mass is 9.68. The Kier molecular flexibility index (Phi) is 15.8. The predicted octanol–water partition coefficient (Wildman–Crippen LogP) is 23.8. The molecule has 2 unspecified atom stereocenters. The Morgan fingerprint density at radius 2 is 0.520 bits per heavy atom. The molecule has 0 heterocycles. The van der Waals surface area contributed by atoms with Crippen LogP contribution in [-0.4, -0.2) is 0 Å². The lowest BCUT2D eigenvalue weighted by Gasteiger charge is -2.35. The Bertz CT molecular complexity index is 4900. The highest BCUT2D eigenvalue weighted by atomic mass is 19.2. The van der Waals surface area contributed by atoms with Gasteiger partial charge in [0.15, 0.2) is 46.5 Å². The van der Waals surface area contributed by atoms with E-state index in [1.54, 1.807) is 121 Å². The van der Waals surface area contributed by atoms with Crippen LogP contribution in [0.2, 0.25) is 0 Å². The molecule has 12 heteroatoms. The van der Waals surface area contributed by atoms with Gasteiger partial charge in [0.1, 0.15) is 0 Å². The number of anilines is 6. The average molecular weight is 1310 g/mol. The van der Waals surface area contributed by atoms with E-state index in [-0.39, 0.29) is 12.8 Å². The van der Waals surface area contributed by atoms with Gasteiger partial charge in [0.25, 0.3) is 0 Å². The van der Waals surface area contributed by atoms with Crippen LogP contribution in [-0.2, 0) is 23.7 Å². The zero-order chi connectivity index (χ0) is 67.7. The van der Waals surface area contributed by atoms with E-state index in [4.69, 9.17) is 0 Å². The van der Waals surface area contributed by atoms with Gasteiger partial charge in [-0.2, -0.15) is 0 Å². The van der Waals surface area contributed by atoms with Crippen molar-refractivity contribution in [3.05, 3.63) is 394 Å². The Balaban J connectivity index is 0.770. The maximum absolute atomic E-state index is 16.8. The summed E-state index contributed by atoms with van der Waals surface area (Å²) in [6.07, 6.45) is 2.96. The number of halogens is 10. The second-order valence-corrected chi connectivity index (χ2v) is 24.5. The highest BCUT2D eigenvalue weighted by molar-refractivity contribution is 5.90. The fraction of sp³-hybridized carbons (Fsp3) is 0.0465. The number of rotatable bonds is 16. The fourth-order valence-corrected chi connectivity index (χ4v) is 14.7. The molecule has 2 nitrogen and oxygen atoms in total. The number of benzene rings is 13. The zero-order valence-corrected chi connectivity index (χ0v) is 52.1. The first-order valence-corrected chi connectivity index (χ1v) is 31.6. The molecule has 0 N–H and O–H groups in total. The van der Waals surface area contributed by atoms with Gasteiger partial charge in [0.2, 0.25) is 11.6 Å². The molecule has 0 aliphatic heterocycles. The molecule has 0 saturated heterocycles. The lowest BCUT2D eigenvalue weighted by molar-refractivity contribution is 0.357. The van der Waals surface area contributed by atoms with Gasteiger partial charge in [-0.25, -0.2) is 43.9 Å². The highest BCUT2D eigenvalue weighted by Gasteiger charge is 2.52. The Labute approximate surface area is 559 Å². The Morgan fingerprint density at radius 3 is 0.847 bits per heavy atom. The van der Waals surface area contributed by atoms with Crippen molar-refractivity contribution in [1.82, 2.24) is 0 Å². The maximum atomic E-state index is 16.8. The zero-order valence-electron chi connectivity index (χ0n) is 52.1. The highest BCUT2D eigenvalue weighted by Crippen LogP contribution is 2.59. The summed E-state index contributed by atoms with van der Waals surface area (Å²) < 4.78 is 160. The van der Waals surface area contributed by atoms with Crippen LogP contribution in [0.4, 0.5) is 78.0 Å². The average Bonchev–Trinajstić information content (AvgIpc) is 1.52. The van der Waals surface area contributed by atoms with E-state index in [2.05, 4.69) is 13.2 Å². The van der Waals surface area contributed by atoms with Gasteiger partial charge < -0.3 is 9.80 Å². The fourth-order valence-electron chi connectivity index (χ4n) is 14.7. The van der Waals surface area contributed by atoms with Crippen molar-refractivity contribution in [2.45, 2.75) is 23.7 Å². The molecule has 0 radical (unpaired) electrons. The molecule has 0 spiro atoms. The van der Waals surface area contributed by atoms with Gasteiger partial charge in [0, 0.05) is 45.3 Å². The first kappa shape index (κ1) is 62.4. The van der Waals surface area contributed by atoms with Crippen LogP contribution in [0.3, 0.4) is 0 Å². The van der Waals surface area contributed by atoms with Crippen molar-refractivity contribution >= 4 is 46.3 Å². The molecule has 15 rings (SSSR count). The first-order chi connectivity index (χ1) is 47.6. The van der Waals surface area contributed by atoms with Crippen molar-refractivity contribution in [3.8, 4) is 44.5 Å². The second kappa shape index (κ2) is 24.8. The van der Waals surface area contributed by atoms with Crippen LogP contribution >= 0.6 is 0 Å². The minimum absolute atomic E-state index is 0.164. The topological polar surface area (TPSA) is 6.48 Å². The molecule has 2 atom stereocenters. The summed E-state index contributed by atoms with van der Waals surface area (Å²) in [5, 5.41) is 0. The molecular weight excluding hydrogens is 1250 g/mol. The molecule has 2 aliphatic carbocycles. The van der Waals surface area contributed by atoms with Crippen molar-refractivity contribution < 1.29 is 43.9 Å². The molecule has 98 heavy (non-hydrogen) atoms. The van der Waals surface area contributed by atoms with E-state index in [1.807, 2.05) is 168 Å². The number of fused-ring (bicyclic) bond motifs is 6. The summed E-state index contributed by atoms with van der Waals surface area (Å²) in [5.74, 6) is -20.3. The molecule has 2 aliphatic rings. The molecule has 0 bridgehead atoms. The van der Waals surface area contributed by atoms with Gasteiger partial charge in [-0.15, -0.1) is 0 Å². The molecule has 13 aromatic rings. The second-order valence-electron chi connectivity index (χ2n) is 24.5. The summed E-state index contributed by atoms with van der Waals surface area (Å²) in [6.45, 7) is 7.69. The van der Waals surface area contributed by atoms with Crippen molar-refractivity contribution in [3.63, 3.8) is 0 Å². The van der Waals surface area contributed by atoms with Crippen molar-refractivity contribution in [2.24, 2.45) is 0 Å². The van der Waals surface area contributed by atoms with E-state index >= 15 is 35.1 Å². The molecule has 0 fully saturated rings. The van der Waals surface area contributed by atoms with E-state index < -0.39 is 80.1 Å². The summed E-state index contributed by atoms with van der Waals surface area (Å²) in [4.78, 5) is 3.95. The van der Waals surface area contributed by atoms with Crippen LogP contribution in [0.25, 0.3) is 56.7 Å². The van der Waals surface area contributed by atoms with E-state index in [1.165, 1.54) is 0 Å². The maximum Gasteiger partial charge on any atom is 0.200 e. The van der Waals surface area contributed by atoms with Crippen molar-refractivity contribution in [2.75, 3.05) is 9.80 Å². The largest absolute Gasteiger partial charge is 0.310 e.